The number of hydrogen-bond donors (Lipinski definition) is 2. The fourth-order valence-corrected chi connectivity index (χ4v) is 0.905. The highest BCUT2D eigenvalue weighted by atomic mass is 16.5. The number of rotatable bonds is 5. The molecule has 0 fully saturated rings. The first-order chi connectivity index (χ1) is 7.00. The van der Waals surface area contributed by atoms with E-state index in [0.717, 1.165) is 0 Å². The van der Waals surface area contributed by atoms with Gasteiger partial charge in [0, 0.05) is 5.92 Å². The second-order valence-corrected chi connectivity index (χ2v) is 3.64. The average Bonchev–Trinajstić information content (AvgIpc) is 2.62. The van der Waals surface area contributed by atoms with E-state index in [-0.39, 0.29) is 5.92 Å². The van der Waals surface area contributed by atoms with Crippen molar-refractivity contribution in [3.05, 3.63) is 11.7 Å². The molecule has 0 saturated heterocycles. The van der Waals surface area contributed by atoms with E-state index in [1.807, 2.05) is 13.8 Å². The van der Waals surface area contributed by atoms with Crippen molar-refractivity contribution in [3.8, 4) is 0 Å². The lowest BCUT2D eigenvalue weighted by Gasteiger charge is -2.05. The Bertz CT molecular complexity index is 335. The minimum atomic E-state index is -0.900. The van der Waals surface area contributed by atoms with Crippen LogP contribution >= 0.6 is 0 Å². The van der Waals surface area contributed by atoms with Crippen LogP contribution in [0.4, 0.5) is 0 Å². The lowest BCUT2D eigenvalue weighted by Crippen LogP contribution is -2.33. The number of carboxylic acid groups (broad SMARTS) is 1. The molecule has 6 heteroatoms. The van der Waals surface area contributed by atoms with Crippen LogP contribution in [0.2, 0.25) is 0 Å². The summed E-state index contributed by atoms with van der Waals surface area (Å²) in [6.45, 7) is 5.75. The molecule has 1 aromatic heterocycles. The Hall–Kier alpha value is -1.43. The molecule has 1 rings (SSSR count). The van der Waals surface area contributed by atoms with Gasteiger partial charge in [0.05, 0.1) is 6.54 Å². The molecule has 15 heavy (non-hydrogen) atoms. The summed E-state index contributed by atoms with van der Waals surface area (Å²) in [5.74, 6) is 0.326. The molecule has 2 N–H and O–H groups in total. The highest BCUT2D eigenvalue weighted by Gasteiger charge is 2.13. The molecule has 0 aliphatic heterocycles. The van der Waals surface area contributed by atoms with Gasteiger partial charge in [0.15, 0.2) is 5.82 Å². The van der Waals surface area contributed by atoms with Gasteiger partial charge in [0.1, 0.15) is 6.04 Å². The molecule has 0 bridgehead atoms. The van der Waals surface area contributed by atoms with Crippen molar-refractivity contribution in [1.29, 1.82) is 0 Å². The molecule has 0 aromatic carbocycles. The molecule has 1 heterocycles. The third-order valence-corrected chi connectivity index (χ3v) is 1.91. The second-order valence-electron chi connectivity index (χ2n) is 3.64. The summed E-state index contributed by atoms with van der Waals surface area (Å²) < 4.78 is 4.97. The summed E-state index contributed by atoms with van der Waals surface area (Å²) in [6.07, 6.45) is 0. The van der Waals surface area contributed by atoms with E-state index in [0.29, 0.717) is 18.3 Å². The maximum atomic E-state index is 10.5. The number of hydrogen-bond acceptors (Lipinski definition) is 5. The molecule has 6 nitrogen and oxygen atoms in total. The van der Waals surface area contributed by atoms with E-state index in [1.165, 1.54) is 0 Å². The van der Waals surface area contributed by atoms with Crippen molar-refractivity contribution in [1.82, 2.24) is 15.5 Å². The Morgan fingerprint density at radius 1 is 1.53 bits per heavy atom. The first-order valence-electron chi connectivity index (χ1n) is 4.79. The van der Waals surface area contributed by atoms with Gasteiger partial charge >= 0.3 is 5.97 Å². The van der Waals surface area contributed by atoms with Gasteiger partial charge in [-0.2, -0.15) is 4.98 Å². The van der Waals surface area contributed by atoms with Gasteiger partial charge in [-0.25, -0.2) is 0 Å². The van der Waals surface area contributed by atoms with Gasteiger partial charge < -0.3 is 9.63 Å². The maximum absolute atomic E-state index is 10.5. The molecule has 84 valence electrons. The van der Waals surface area contributed by atoms with Crippen LogP contribution in [0.1, 0.15) is 38.4 Å². The lowest BCUT2D eigenvalue weighted by molar-refractivity contribution is -0.139. The van der Waals surface area contributed by atoms with E-state index < -0.39 is 12.0 Å². The summed E-state index contributed by atoms with van der Waals surface area (Å²) in [6, 6.07) is -0.619. The molecule has 1 aromatic rings. The highest BCUT2D eigenvalue weighted by Crippen LogP contribution is 2.10. The monoisotopic (exact) mass is 213 g/mol. The van der Waals surface area contributed by atoms with Gasteiger partial charge in [-0.05, 0) is 6.92 Å². The molecular weight excluding hydrogens is 198 g/mol. The number of carbonyl (C=O) groups is 1. The van der Waals surface area contributed by atoms with Crippen LogP contribution in [-0.2, 0) is 11.3 Å². The smallest absolute Gasteiger partial charge is 0.320 e. The minimum absolute atomic E-state index is 0.183. The van der Waals surface area contributed by atoms with Gasteiger partial charge in [-0.1, -0.05) is 19.0 Å². The van der Waals surface area contributed by atoms with E-state index in [2.05, 4.69) is 15.5 Å². The molecule has 1 unspecified atom stereocenters. The van der Waals surface area contributed by atoms with Crippen LogP contribution in [0.3, 0.4) is 0 Å². The molecule has 0 spiro atoms. The molecule has 0 amide bonds. The fourth-order valence-electron chi connectivity index (χ4n) is 0.905. The number of nitrogens with one attached hydrogen (secondary N) is 1. The zero-order chi connectivity index (χ0) is 11.4. The Labute approximate surface area is 87.7 Å². The predicted molar refractivity (Wildman–Crippen MR) is 52.3 cm³/mol. The van der Waals surface area contributed by atoms with Crippen LogP contribution in [-0.4, -0.2) is 27.3 Å². The molecule has 0 aliphatic carbocycles. The fraction of sp³-hybridized carbons (Fsp3) is 0.667. The van der Waals surface area contributed by atoms with Crippen molar-refractivity contribution in [3.63, 3.8) is 0 Å². The van der Waals surface area contributed by atoms with Crippen LogP contribution in [0, 0.1) is 0 Å². The number of nitrogens with zero attached hydrogens (tertiary/aromatic N) is 2. The quantitative estimate of drug-likeness (QED) is 0.750. The maximum Gasteiger partial charge on any atom is 0.320 e. The van der Waals surface area contributed by atoms with Gasteiger partial charge in [0.25, 0.3) is 0 Å². The van der Waals surface area contributed by atoms with E-state index >= 15 is 0 Å². The van der Waals surface area contributed by atoms with E-state index in [1.54, 1.807) is 6.92 Å². The largest absolute Gasteiger partial charge is 0.480 e. The minimum Gasteiger partial charge on any atom is -0.480 e. The summed E-state index contributed by atoms with van der Waals surface area (Å²) in [7, 11) is 0. The Kier molecular flexibility index (Phi) is 3.79. The van der Waals surface area contributed by atoms with E-state index in [9.17, 15) is 4.79 Å². The SMILES string of the molecule is CC(NCc1noc(C(C)C)n1)C(=O)O. The Morgan fingerprint density at radius 2 is 2.20 bits per heavy atom. The van der Waals surface area contributed by atoms with Gasteiger partial charge in [-0.3, -0.25) is 10.1 Å². The molecule has 1 atom stereocenters. The first-order valence-corrected chi connectivity index (χ1v) is 4.79. The zero-order valence-corrected chi connectivity index (χ0v) is 9.02. The van der Waals surface area contributed by atoms with Gasteiger partial charge in [-0.15, -0.1) is 0 Å². The van der Waals surface area contributed by atoms with Crippen LogP contribution in [0.25, 0.3) is 0 Å². The Morgan fingerprint density at radius 3 is 2.67 bits per heavy atom. The van der Waals surface area contributed by atoms with Crippen molar-refractivity contribution in [2.24, 2.45) is 0 Å². The topological polar surface area (TPSA) is 88.3 Å². The number of aliphatic carboxylic acids is 1. The standard InChI is InChI=1S/C9H15N3O3/c1-5(2)8-11-7(12-15-8)4-10-6(3)9(13)14/h5-6,10H,4H2,1-3H3,(H,13,14). The third kappa shape index (κ3) is 3.32. The molecule has 0 saturated carbocycles. The molecular formula is C9H15N3O3. The molecule has 0 aliphatic rings. The first kappa shape index (κ1) is 11.6. The Balaban J connectivity index is 2.47. The third-order valence-electron chi connectivity index (χ3n) is 1.91. The van der Waals surface area contributed by atoms with Crippen LogP contribution in [0.15, 0.2) is 4.52 Å². The summed E-state index contributed by atoms with van der Waals surface area (Å²) in [4.78, 5) is 14.6. The van der Waals surface area contributed by atoms with Crippen molar-refractivity contribution in [2.75, 3.05) is 0 Å². The normalized spacial score (nSPS) is 13.1. The highest BCUT2D eigenvalue weighted by molar-refractivity contribution is 5.72. The number of carboxylic acids is 1. The van der Waals surface area contributed by atoms with Crippen molar-refractivity contribution in [2.45, 2.75) is 39.3 Å². The zero-order valence-electron chi connectivity index (χ0n) is 9.02. The van der Waals surface area contributed by atoms with Crippen LogP contribution < -0.4 is 5.32 Å². The second kappa shape index (κ2) is 4.88. The van der Waals surface area contributed by atoms with Crippen LogP contribution in [0.5, 0.6) is 0 Å². The average molecular weight is 213 g/mol. The summed E-state index contributed by atoms with van der Waals surface area (Å²) in [5, 5.41) is 15.1. The van der Waals surface area contributed by atoms with Crippen molar-refractivity contribution >= 4 is 5.97 Å². The summed E-state index contributed by atoms with van der Waals surface area (Å²) >= 11 is 0. The number of aromatic nitrogens is 2. The predicted octanol–water partition coefficient (Wildman–Crippen LogP) is 0.756. The van der Waals surface area contributed by atoms with E-state index in [4.69, 9.17) is 9.63 Å². The molecule has 0 radical (unpaired) electrons. The summed E-state index contributed by atoms with van der Waals surface area (Å²) in [5.41, 5.74) is 0. The lowest BCUT2D eigenvalue weighted by atomic mass is 10.2. The van der Waals surface area contributed by atoms with Crippen molar-refractivity contribution < 1.29 is 14.4 Å². The van der Waals surface area contributed by atoms with Gasteiger partial charge in [0.2, 0.25) is 5.89 Å².